The number of carbonyl (C=O) groups is 2. The Hall–Kier alpha value is -2.59. The maximum atomic E-state index is 12.6. The summed E-state index contributed by atoms with van der Waals surface area (Å²) in [6, 6.07) is 3.92. The third-order valence-corrected chi connectivity index (χ3v) is 6.59. The third-order valence-electron chi connectivity index (χ3n) is 6.59. The van der Waals surface area contributed by atoms with Crippen molar-refractivity contribution in [1.29, 1.82) is 0 Å². The summed E-state index contributed by atoms with van der Waals surface area (Å²) in [6.45, 7) is 0.837. The SMILES string of the molecule is COc1ccc2c3c1O[C@H]1C(=O)C=C[C@@]4(O)[C@@H](C2)N(C)CC[C@]314.O=C(O)C(F)(F)F. The van der Waals surface area contributed by atoms with Crippen molar-refractivity contribution in [2.24, 2.45) is 0 Å². The second-order valence-electron chi connectivity index (χ2n) is 7.91. The van der Waals surface area contributed by atoms with Crippen LogP contribution < -0.4 is 9.47 Å². The number of piperidine rings is 1. The Morgan fingerprint density at radius 2 is 2.03 bits per heavy atom. The van der Waals surface area contributed by atoms with Crippen LogP contribution in [0.3, 0.4) is 0 Å². The van der Waals surface area contributed by atoms with Crippen molar-refractivity contribution in [3.63, 3.8) is 0 Å². The Labute approximate surface area is 169 Å². The number of methoxy groups -OCH3 is 1. The average molecular weight is 427 g/mol. The maximum absolute atomic E-state index is 12.6. The van der Waals surface area contributed by atoms with E-state index in [0.29, 0.717) is 17.9 Å². The van der Waals surface area contributed by atoms with Gasteiger partial charge < -0.3 is 19.7 Å². The quantitative estimate of drug-likeness (QED) is 0.701. The number of benzene rings is 1. The van der Waals surface area contributed by atoms with Crippen molar-refractivity contribution < 1.29 is 42.4 Å². The molecule has 2 aliphatic carbocycles. The molecule has 162 valence electrons. The first kappa shape index (κ1) is 20.7. The van der Waals surface area contributed by atoms with Crippen molar-refractivity contribution in [2.45, 2.75) is 42.2 Å². The Balaban J connectivity index is 0.000000272. The minimum atomic E-state index is -5.08. The highest BCUT2D eigenvalue weighted by Crippen LogP contribution is 2.63. The molecule has 5 rings (SSSR count). The topological polar surface area (TPSA) is 96.3 Å². The van der Waals surface area contributed by atoms with Gasteiger partial charge in [-0.25, -0.2) is 4.79 Å². The van der Waals surface area contributed by atoms with Gasteiger partial charge in [0.25, 0.3) is 0 Å². The average Bonchev–Trinajstić information content (AvgIpc) is 3.03. The van der Waals surface area contributed by atoms with Crippen LogP contribution in [0.15, 0.2) is 24.3 Å². The molecule has 1 aromatic rings. The van der Waals surface area contributed by atoms with E-state index in [0.717, 1.165) is 24.1 Å². The van der Waals surface area contributed by atoms with Gasteiger partial charge in [-0.15, -0.1) is 0 Å². The van der Waals surface area contributed by atoms with E-state index in [2.05, 4.69) is 11.0 Å². The number of nitrogens with zero attached hydrogens (tertiary/aromatic N) is 1. The highest BCUT2D eigenvalue weighted by molar-refractivity contribution is 5.99. The molecule has 1 saturated heterocycles. The van der Waals surface area contributed by atoms with Crippen molar-refractivity contribution in [1.82, 2.24) is 4.90 Å². The van der Waals surface area contributed by atoms with Crippen molar-refractivity contribution in [3.8, 4) is 11.5 Å². The number of ether oxygens (including phenoxy) is 2. The third kappa shape index (κ3) is 2.53. The van der Waals surface area contributed by atoms with Gasteiger partial charge in [0.05, 0.1) is 12.5 Å². The normalized spacial score (nSPS) is 33.2. The van der Waals surface area contributed by atoms with E-state index in [1.165, 1.54) is 6.08 Å². The molecule has 7 nitrogen and oxygen atoms in total. The summed E-state index contributed by atoms with van der Waals surface area (Å²) < 4.78 is 43.3. The lowest BCUT2D eigenvalue weighted by molar-refractivity contribution is -0.192. The summed E-state index contributed by atoms with van der Waals surface area (Å²) in [6.07, 6.45) is -1.08. The summed E-state index contributed by atoms with van der Waals surface area (Å²) >= 11 is 0. The molecule has 2 N–H and O–H groups in total. The lowest BCUT2D eigenvalue weighted by Crippen LogP contribution is -2.74. The highest BCUT2D eigenvalue weighted by Gasteiger charge is 2.71. The first-order chi connectivity index (χ1) is 14.0. The maximum Gasteiger partial charge on any atom is 0.490 e. The van der Waals surface area contributed by atoms with Gasteiger partial charge in [-0.1, -0.05) is 6.07 Å². The number of carbonyl (C=O) groups excluding carboxylic acids is 1. The molecule has 0 radical (unpaired) electrons. The number of carboxylic acids is 1. The van der Waals surface area contributed by atoms with Gasteiger partial charge in [-0.2, -0.15) is 13.2 Å². The summed E-state index contributed by atoms with van der Waals surface area (Å²) in [5.41, 5.74) is 0.385. The minimum absolute atomic E-state index is 0.0430. The second kappa shape index (κ2) is 6.45. The van der Waals surface area contributed by atoms with Crippen molar-refractivity contribution in [3.05, 3.63) is 35.4 Å². The fourth-order valence-electron chi connectivity index (χ4n) is 5.28. The number of rotatable bonds is 1. The Bertz CT molecular complexity index is 961. The summed E-state index contributed by atoms with van der Waals surface area (Å²) in [4.78, 5) is 23.7. The second-order valence-corrected chi connectivity index (χ2v) is 7.91. The molecule has 2 heterocycles. The number of aliphatic carboxylic acids is 1. The zero-order valence-electron chi connectivity index (χ0n) is 16.2. The van der Waals surface area contributed by atoms with Gasteiger partial charge in [-0.05, 0) is 50.2 Å². The number of hydrogen-bond donors (Lipinski definition) is 2. The fraction of sp³-hybridized carbons (Fsp3) is 0.500. The summed E-state index contributed by atoms with van der Waals surface area (Å²) in [5.74, 6) is -1.54. The number of carboxylic acid groups (broad SMARTS) is 1. The van der Waals surface area contributed by atoms with Crippen LogP contribution in [-0.4, -0.2) is 71.5 Å². The van der Waals surface area contributed by atoms with E-state index in [4.69, 9.17) is 19.4 Å². The lowest BCUT2D eigenvalue weighted by atomic mass is 9.51. The van der Waals surface area contributed by atoms with E-state index in [-0.39, 0.29) is 11.8 Å². The molecule has 2 aliphatic heterocycles. The summed E-state index contributed by atoms with van der Waals surface area (Å²) in [5, 5.41) is 18.8. The molecule has 0 unspecified atom stereocenters. The molecular weight excluding hydrogens is 407 g/mol. The van der Waals surface area contributed by atoms with Crippen LogP contribution in [0.25, 0.3) is 0 Å². The molecule has 0 amide bonds. The Morgan fingerprint density at radius 1 is 1.37 bits per heavy atom. The number of ketones is 1. The van der Waals surface area contributed by atoms with Crippen LogP contribution in [0.5, 0.6) is 11.5 Å². The predicted octanol–water partition coefficient (Wildman–Crippen LogP) is 1.46. The fourth-order valence-corrected chi connectivity index (χ4v) is 5.28. The van der Waals surface area contributed by atoms with E-state index in [1.54, 1.807) is 13.2 Å². The molecule has 0 aromatic heterocycles. The molecule has 0 saturated carbocycles. The lowest BCUT2D eigenvalue weighted by Gasteiger charge is -2.60. The largest absolute Gasteiger partial charge is 0.493 e. The van der Waals surface area contributed by atoms with Crippen LogP contribution in [-0.2, 0) is 21.4 Å². The number of hydrogen-bond acceptors (Lipinski definition) is 6. The van der Waals surface area contributed by atoms with E-state index < -0.39 is 29.3 Å². The number of aliphatic hydroxyl groups is 1. The first-order valence-corrected chi connectivity index (χ1v) is 9.30. The number of alkyl halides is 3. The van der Waals surface area contributed by atoms with Crippen molar-refractivity contribution >= 4 is 11.8 Å². The zero-order valence-corrected chi connectivity index (χ0v) is 16.2. The van der Waals surface area contributed by atoms with Gasteiger partial charge in [-0.3, -0.25) is 9.69 Å². The van der Waals surface area contributed by atoms with Gasteiger partial charge in [0.2, 0.25) is 0 Å². The molecule has 4 atom stereocenters. The number of likely N-dealkylation sites (N-methyl/N-ethyl adjacent to an activating group) is 1. The monoisotopic (exact) mass is 427 g/mol. The molecule has 1 spiro atoms. The minimum Gasteiger partial charge on any atom is -0.493 e. The molecule has 1 fully saturated rings. The van der Waals surface area contributed by atoms with E-state index in [1.807, 2.05) is 13.1 Å². The highest BCUT2D eigenvalue weighted by atomic mass is 19.4. The first-order valence-electron chi connectivity index (χ1n) is 9.30. The summed E-state index contributed by atoms with van der Waals surface area (Å²) in [7, 11) is 3.65. The zero-order chi connectivity index (χ0) is 22.1. The van der Waals surface area contributed by atoms with Crippen LogP contribution in [0, 0.1) is 0 Å². The molecule has 1 aromatic carbocycles. The van der Waals surface area contributed by atoms with Crippen LogP contribution in [0.1, 0.15) is 17.5 Å². The van der Waals surface area contributed by atoms with Crippen LogP contribution in [0.4, 0.5) is 13.2 Å². The van der Waals surface area contributed by atoms with E-state index in [9.17, 15) is 23.1 Å². The van der Waals surface area contributed by atoms with E-state index >= 15 is 0 Å². The molecule has 2 bridgehead atoms. The molecule has 4 aliphatic rings. The van der Waals surface area contributed by atoms with Crippen LogP contribution >= 0.6 is 0 Å². The number of halogens is 3. The predicted molar refractivity (Wildman–Crippen MR) is 96.6 cm³/mol. The Morgan fingerprint density at radius 3 is 2.63 bits per heavy atom. The molecular formula is C20H20F3NO6. The van der Waals surface area contributed by atoms with Crippen LogP contribution in [0.2, 0.25) is 0 Å². The van der Waals surface area contributed by atoms with Gasteiger partial charge >= 0.3 is 12.1 Å². The number of likely N-dealkylation sites (tertiary alicyclic amines) is 1. The standard InChI is InChI=1S/C18H19NO4.C2HF3O2/c1-19-8-7-17-14-10-3-4-12(22-2)15(14)23-16(17)11(20)5-6-18(17,21)13(19)9-10;3-2(4,5)1(6)7/h3-6,13,16,21H,7-9H2,1-2H3;(H,6,7)/t13-,16+,17+,18-;/m1./s1. The van der Waals surface area contributed by atoms with Gasteiger partial charge in [0.1, 0.15) is 5.60 Å². The Kier molecular flexibility index (Phi) is 4.45. The van der Waals surface area contributed by atoms with Crippen molar-refractivity contribution in [2.75, 3.05) is 20.7 Å². The molecule has 30 heavy (non-hydrogen) atoms. The van der Waals surface area contributed by atoms with Gasteiger partial charge in [0, 0.05) is 11.6 Å². The molecule has 10 heteroatoms. The van der Waals surface area contributed by atoms with Gasteiger partial charge in [0.15, 0.2) is 23.4 Å². The smallest absolute Gasteiger partial charge is 0.490 e.